The Bertz CT molecular complexity index is 809. The van der Waals surface area contributed by atoms with Gasteiger partial charge in [-0.25, -0.2) is 0 Å². The molecule has 140 valence electrons. The van der Waals surface area contributed by atoms with Crippen LogP contribution in [-0.4, -0.2) is 44.3 Å². The minimum atomic E-state index is -1.69. The van der Waals surface area contributed by atoms with Crippen LogP contribution in [0.25, 0.3) is 5.57 Å². The lowest BCUT2D eigenvalue weighted by Gasteiger charge is -2.47. The highest BCUT2D eigenvalue weighted by atomic mass is 32.1. The van der Waals surface area contributed by atoms with Crippen LogP contribution in [0.2, 0.25) is 19.6 Å². The van der Waals surface area contributed by atoms with Gasteiger partial charge in [0.1, 0.15) is 4.99 Å². The van der Waals surface area contributed by atoms with Gasteiger partial charge in [0.2, 0.25) is 0 Å². The Kier molecular flexibility index (Phi) is 4.82. The van der Waals surface area contributed by atoms with E-state index >= 15 is 0 Å². The number of hydrogen-bond donors (Lipinski definition) is 0. The van der Waals surface area contributed by atoms with E-state index in [9.17, 15) is 0 Å². The summed E-state index contributed by atoms with van der Waals surface area (Å²) in [6.45, 7) is 15.0. The lowest BCUT2D eigenvalue weighted by Crippen LogP contribution is -2.53. The molecule has 2 aliphatic rings. The van der Waals surface area contributed by atoms with Gasteiger partial charge in [-0.1, -0.05) is 44.5 Å². The van der Waals surface area contributed by atoms with E-state index in [2.05, 4.69) is 50.2 Å². The summed E-state index contributed by atoms with van der Waals surface area (Å²) in [6, 6.07) is 6.15. The van der Waals surface area contributed by atoms with Crippen molar-refractivity contribution in [1.29, 1.82) is 0 Å². The van der Waals surface area contributed by atoms with Crippen molar-refractivity contribution in [3.8, 4) is 11.5 Å². The second kappa shape index (κ2) is 6.53. The largest absolute Gasteiger partial charge is 0.493 e. The summed E-state index contributed by atoms with van der Waals surface area (Å²) >= 11 is 6.03. The molecule has 5 heteroatoms. The Morgan fingerprint density at radius 2 is 1.81 bits per heavy atom. The van der Waals surface area contributed by atoms with Crippen molar-refractivity contribution in [3.05, 3.63) is 41.1 Å². The Morgan fingerprint density at radius 1 is 1.15 bits per heavy atom. The van der Waals surface area contributed by atoms with Crippen molar-refractivity contribution < 1.29 is 9.47 Å². The molecule has 2 heterocycles. The van der Waals surface area contributed by atoms with E-state index in [0.29, 0.717) is 0 Å². The Morgan fingerprint density at radius 3 is 2.38 bits per heavy atom. The smallest absolute Gasteiger partial charge is 0.161 e. The molecule has 1 aromatic rings. The van der Waals surface area contributed by atoms with Gasteiger partial charge in [0.15, 0.2) is 11.5 Å². The summed E-state index contributed by atoms with van der Waals surface area (Å²) in [5.74, 6) is 1.48. The van der Waals surface area contributed by atoms with Crippen molar-refractivity contribution in [1.82, 2.24) is 4.90 Å². The molecule has 2 aliphatic heterocycles. The average Bonchev–Trinajstić information content (AvgIpc) is 2.99. The van der Waals surface area contributed by atoms with Crippen LogP contribution < -0.4 is 9.47 Å². The monoisotopic (exact) mass is 387 g/mol. The molecule has 0 aliphatic carbocycles. The van der Waals surface area contributed by atoms with Crippen molar-refractivity contribution >= 4 is 30.9 Å². The van der Waals surface area contributed by atoms with Crippen LogP contribution in [0.15, 0.2) is 35.5 Å². The summed E-state index contributed by atoms with van der Waals surface area (Å²) in [6.07, 6.45) is 2.26. The molecule has 0 radical (unpaired) electrons. The minimum Gasteiger partial charge on any atom is -0.493 e. The Hall–Kier alpha value is -1.59. The van der Waals surface area contributed by atoms with Gasteiger partial charge in [0.05, 0.1) is 27.8 Å². The molecule has 1 unspecified atom stereocenters. The summed E-state index contributed by atoms with van der Waals surface area (Å²) < 4.78 is 11.0. The van der Waals surface area contributed by atoms with Crippen molar-refractivity contribution in [3.63, 3.8) is 0 Å². The van der Waals surface area contributed by atoms with Gasteiger partial charge in [-0.3, -0.25) is 0 Å². The zero-order valence-corrected chi connectivity index (χ0v) is 18.5. The first kappa shape index (κ1) is 19.2. The third-order valence-corrected chi connectivity index (χ3v) is 8.32. The number of nitrogens with zero attached hydrogens (tertiary/aromatic N) is 1. The molecule has 0 N–H and O–H groups in total. The number of fused-ring (bicyclic) bond motifs is 1. The van der Waals surface area contributed by atoms with Gasteiger partial charge in [0.25, 0.3) is 0 Å². The predicted octanol–water partition coefficient (Wildman–Crippen LogP) is 5.09. The summed E-state index contributed by atoms with van der Waals surface area (Å²) in [7, 11) is 1.65. The van der Waals surface area contributed by atoms with Crippen LogP contribution in [0.1, 0.15) is 25.3 Å². The highest BCUT2D eigenvalue weighted by Gasteiger charge is 2.48. The van der Waals surface area contributed by atoms with Gasteiger partial charge in [0, 0.05) is 6.54 Å². The highest BCUT2D eigenvalue weighted by molar-refractivity contribution is 7.81. The van der Waals surface area contributed by atoms with E-state index in [-0.39, 0.29) is 5.54 Å². The number of rotatable bonds is 4. The number of methoxy groups -OCH3 is 2. The van der Waals surface area contributed by atoms with Crippen LogP contribution in [0.3, 0.4) is 0 Å². The molecular weight excluding hydrogens is 358 g/mol. The molecule has 26 heavy (non-hydrogen) atoms. The van der Waals surface area contributed by atoms with E-state index in [1.54, 1.807) is 14.2 Å². The fourth-order valence-electron chi connectivity index (χ4n) is 4.27. The normalized spacial score (nSPS) is 23.4. The van der Waals surface area contributed by atoms with Crippen molar-refractivity contribution in [2.24, 2.45) is 0 Å². The number of thiocarbonyl (C=S) groups is 1. The molecule has 0 saturated carbocycles. The van der Waals surface area contributed by atoms with E-state index in [4.69, 9.17) is 21.7 Å². The minimum absolute atomic E-state index is 0.0806. The molecule has 0 bridgehead atoms. The first-order valence-corrected chi connectivity index (χ1v) is 13.0. The fraction of sp³-hybridized carbons (Fsp3) is 0.476. The summed E-state index contributed by atoms with van der Waals surface area (Å²) in [5, 5.41) is 1.34. The predicted molar refractivity (Wildman–Crippen MR) is 116 cm³/mol. The second-order valence-electron chi connectivity index (χ2n) is 8.38. The van der Waals surface area contributed by atoms with Gasteiger partial charge in [-0.15, -0.1) is 0 Å². The quantitative estimate of drug-likeness (QED) is 0.530. The average molecular weight is 388 g/mol. The molecule has 0 aromatic heterocycles. The SMILES string of the molecule is C=C1C(c2ccc(OC)c(OC)c2)=C([Si](C)(C)C)C(=S)N2CCCC12C. The molecule has 0 spiro atoms. The molecule has 3 rings (SSSR count). The molecule has 1 saturated heterocycles. The van der Waals surface area contributed by atoms with E-state index in [1.807, 2.05) is 6.07 Å². The Balaban J connectivity index is 2.28. The maximum Gasteiger partial charge on any atom is 0.161 e. The standard InChI is InChI=1S/C21H29NO2SSi/c1-14-18(15-9-10-16(23-3)17(13-15)24-4)19(26(5,6)7)20(25)22-12-8-11-21(14,22)2/h9-10,13H,1,8,11-12H2,2-7H3. The first-order valence-electron chi connectivity index (χ1n) is 9.14. The van der Waals surface area contributed by atoms with Crippen LogP contribution in [0.5, 0.6) is 11.5 Å². The van der Waals surface area contributed by atoms with Crippen molar-refractivity contribution in [2.75, 3.05) is 20.8 Å². The third kappa shape index (κ3) is 2.81. The third-order valence-electron chi connectivity index (χ3n) is 5.72. The Labute approximate surface area is 163 Å². The topological polar surface area (TPSA) is 21.7 Å². The summed E-state index contributed by atoms with van der Waals surface area (Å²) in [4.78, 5) is 3.45. The molecule has 1 aromatic carbocycles. The fourth-order valence-corrected chi connectivity index (χ4v) is 7.41. The molecular formula is C21H29NO2SSi. The van der Waals surface area contributed by atoms with E-state index in [1.165, 1.54) is 16.3 Å². The number of ether oxygens (including phenoxy) is 2. The van der Waals surface area contributed by atoms with Crippen LogP contribution in [-0.2, 0) is 0 Å². The number of hydrogen-bond acceptors (Lipinski definition) is 3. The molecule has 1 atom stereocenters. The maximum atomic E-state index is 6.03. The van der Waals surface area contributed by atoms with Crippen LogP contribution in [0.4, 0.5) is 0 Å². The second-order valence-corrected chi connectivity index (χ2v) is 13.8. The van der Waals surface area contributed by atoms with E-state index in [0.717, 1.165) is 41.4 Å². The first-order chi connectivity index (χ1) is 12.1. The number of benzene rings is 1. The summed E-state index contributed by atoms with van der Waals surface area (Å²) in [5.41, 5.74) is 3.46. The molecule has 0 amide bonds. The zero-order chi connectivity index (χ0) is 19.3. The molecule has 3 nitrogen and oxygen atoms in total. The van der Waals surface area contributed by atoms with Gasteiger partial charge in [-0.05, 0) is 53.8 Å². The maximum absolute atomic E-state index is 6.03. The van der Waals surface area contributed by atoms with Crippen molar-refractivity contribution in [2.45, 2.75) is 44.9 Å². The van der Waals surface area contributed by atoms with Crippen LogP contribution in [0, 0.1) is 0 Å². The van der Waals surface area contributed by atoms with E-state index < -0.39 is 8.07 Å². The zero-order valence-electron chi connectivity index (χ0n) is 16.7. The van der Waals surface area contributed by atoms with Gasteiger partial charge >= 0.3 is 0 Å². The van der Waals surface area contributed by atoms with Gasteiger partial charge < -0.3 is 14.4 Å². The lowest BCUT2D eigenvalue weighted by molar-refractivity contribution is 0.312. The lowest BCUT2D eigenvalue weighted by atomic mass is 9.79. The van der Waals surface area contributed by atoms with Crippen LogP contribution >= 0.6 is 12.2 Å². The van der Waals surface area contributed by atoms with Gasteiger partial charge in [-0.2, -0.15) is 0 Å². The highest BCUT2D eigenvalue weighted by Crippen LogP contribution is 2.49. The molecule has 1 fully saturated rings.